The first-order chi connectivity index (χ1) is 10.1. The molecule has 0 unspecified atom stereocenters. The number of nitrogens with one attached hydrogen (secondary N) is 1. The zero-order chi connectivity index (χ0) is 15.2. The Hall–Kier alpha value is -1.34. The zero-order valence-corrected chi connectivity index (χ0v) is 14.1. The Balaban J connectivity index is 2.01. The lowest BCUT2D eigenvalue weighted by Gasteiger charge is -2.10. The standard InChI is InChI=1S/C16H12BrCl2NO/c1-2-7-21-16-6-3-11(8-15(16)19)10-20-12-4-5-13(17)14(18)9-12/h1,3-6,8-9,20H,7,10H2. The first-order valence-electron chi connectivity index (χ1n) is 6.14. The highest BCUT2D eigenvalue weighted by molar-refractivity contribution is 9.10. The summed E-state index contributed by atoms with van der Waals surface area (Å²) in [7, 11) is 0. The molecule has 0 bridgehead atoms. The summed E-state index contributed by atoms with van der Waals surface area (Å²) in [6.45, 7) is 0.835. The second-order valence-corrected chi connectivity index (χ2v) is 5.91. The molecule has 5 heteroatoms. The van der Waals surface area contributed by atoms with E-state index in [1.54, 1.807) is 0 Å². The number of rotatable bonds is 5. The minimum Gasteiger partial charge on any atom is -0.479 e. The number of benzene rings is 2. The van der Waals surface area contributed by atoms with Gasteiger partial charge in [-0.25, -0.2) is 0 Å². The van der Waals surface area contributed by atoms with Crippen molar-refractivity contribution in [2.45, 2.75) is 6.54 Å². The lowest BCUT2D eigenvalue weighted by atomic mass is 10.2. The van der Waals surface area contributed by atoms with Gasteiger partial charge in [0.2, 0.25) is 0 Å². The minimum absolute atomic E-state index is 0.203. The predicted octanol–water partition coefficient (Wildman–Crippen LogP) is 5.38. The molecular formula is C16H12BrCl2NO. The van der Waals surface area contributed by atoms with E-state index in [1.165, 1.54) is 0 Å². The van der Waals surface area contributed by atoms with Gasteiger partial charge in [0.15, 0.2) is 0 Å². The smallest absolute Gasteiger partial charge is 0.148 e. The van der Waals surface area contributed by atoms with Crippen LogP contribution in [-0.4, -0.2) is 6.61 Å². The van der Waals surface area contributed by atoms with Gasteiger partial charge >= 0.3 is 0 Å². The first kappa shape index (κ1) is 16.0. The van der Waals surface area contributed by atoms with Crippen LogP contribution in [0.4, 0.5) is 5.69 Å². The SMILES string of the molecule is C#CCOc1ccc(CNc2ccc(Br)c(Cl)c2)cc1Cl. The lowest BCUT2D eigenvalue weighted by Crippen LogP contribution is -2.00. The third kappa shape index (κ3) is 4.57. The largest absolute Gasteiger partial charge is 0.479 e. The Bertz CT molecular complexity index is 682. The van der Waals surface area contributed by atoms with Crippen LogP contribution < -0.4 is 10.1 Å². The minimum atomic E-state index is 0.203. The van der Waals surface area contributed by atoms with Crippen molar-refractivity contribution in [1.82, 2.24) is 0 Å². The van der Waals surface area contributed by atoms with E-state index >= 15 is 0 Å². The Morgan fingerprint density at radius 1 is 1.14 bits per heavy atom. The first-order valence-corrected chi connectivity index (χ1v) is 7.68. The van der Waals surface area contributed by atoms with Crippen molar-refractivity contribution in [2.24, 2.45) is 0 Å². The predicted molar refractivity (Wildman–Crippen MR) is 92.3 cm³/mol. The van der Waals surface area contributed by atoms with E-state index in [2.05, 4.69) is 27.2 Å². The van der Waals surface area contributed by atoms with Crippen molar-refractivity contribution < 1.29 is 4.74 Å². The van der Waals surface area contributed by atoms with Gasteiger partial charge in [0.25, 0.3) is 0 Å². The molecule has 0 fully saturated rings. The van der Waals surface area contributed by atoms with Crippen molar-refractivity contribution in [3.05, 3.63) is 56.5 Å². The van der Waals surface area contributed by atoms with Gasteiger partial charge < -0.3 is 10.1 Å². The van der Waals surface area contributed by atoms with E-state index in [0.29, 0.717) is 22.3 Å². The fraction of sp³-hybridized carbons (Fsp3) is 0.125. The molecule has 21 heavy (non-hydrogen) atoms. The van der Waals surface area contributed by atoms with Crippen LogP contribution in [-0.2, 0) is 6.54 Å². The van der Waals surface area contributed by atoms with Crippen molar-refractivity contribution in [3.8, 4) is 18.1 Å². The van der Waals surface area contributed by atoms with Crippen molar-refractivity contribution in [3.63, 3.8) is 0 Å². The summed E-state index contributed by atoms with van der Waals surface area (Å²) in [4.78, 5) is 0. The van der Waals surface area contributed by atoms with Gasteiger partial charge in [-0.15, -0.1) is 6.42 Å². The van der Waals surface area contributed by atoms with Crippen LogP contribution in [0.15, 0.2) is 40.9 Å². The number of terminal acetylenes is 1. The lowest BCUT2D eigenvalue weighted by molar-refractivity contribution is 0.370. The molecule has 0 saturated carbocycles. The van der Waals surface area contributed by atoms with Crippen LogP contribution in [0, 0.1) is 12.3 Å². The maximum absolute atomic E-state index is 6.14. The Morgan fingerprint density at radius 3 is 2.62 bits per heavy atom. The maximum Gasteiger partial charge on any atom is 0.148 e. The third-order valence-corrected chi connectivity index (χ3v) is 4.25. The van der Waals surface area contributed by atoms with E-state index < -0.39 is 0 Å². The number of hydrogen-bond acceptors (Lipinski definition) is 2. The summed E-state index contributed by atoms with van der Waals surface area (Å²) in [5, 5.41) is 4.48. The molecule has 0 saturated heterocycles. The van der Waals surface area contributed by atoms with Gasteiger partial charge in [-0.1, -0.05) is 35.2 Å². The molecule has 2 aromatic rings. The Kier molecular flexibility index (Phi) is 5.81. The number of halogens is 3. The molecule has 0 aliphatic heterocycles. The van der Waals surface area contributed by atoms with Crippen LogP contribution in [0.3, 0.4) is 0 Å². The molecular weight excluding hydrogens is 373 g/mol. The zero-order valence-electron chi connectivity index (χ0n) is 11.0. The van der Waals surface area contributed by atoms with Crippen LogP contribution in [0.25, 0.3) is 0 Å². The Labute approximate surface area is 142 Å². The average Bonchev–Trinajstić information content (AvgIpc) is 2.47. The summed E-state index contributed by atoms with van der Waals surface area (Å²) in [5.41, 5.74) is 1.97. The van der Waals surface area contributed by atoms with E-state index in [4.69, 9.17) is 34.4 Å². The summed E-state index contributed by atoms with van der Waals surface area (Å²) >= 11 is 15.6. The highest BCUT2D eigenvalue weighted by atomic mass is 79.9. The molecule has 0 amide bonds. The summed E-state index contributed by atoms with van der Waals surface area (Å²) in [6.07, 6.45) is 5.15. The molecule has 0 aromatic heterocycles. The summed E-state index contributed by atoms with van der Waals surface area (Å²) < 4.78 is 6.19. The van der Waals surface area contributed by atoms with Crippen LogP contribution in [0.1, 0.15) is 5.56 Å². The second kappa shape index (κ2) is 7.61. The number of anilines is 1. The number of hydrogen-bond donors (Lipinski definition) is 1. The van der Waals surface area contributed by atoms with Crippen molar-refractivity contribution in [2.75, 3.05) is 11.9 Å². The van der Waals surface area contributed by atoms with E-state index in [0.717, 1.165) is 15.7 Å². The highest BCUT2D eigenvalue weighted by Crippen LogP contribution is 2.27. The molecule has 0 aliphatic rings. The third-order valence-electron chi connectivity index (χ3n) is 2.72. The van der Waals surface area contributed by atoms with E-state index in [1.807, 2.05) is 36.4 Å². The molecule has 0 atom stereocenters. The topological polar surface area (TPSA) is 21.3 Å². The molecule has 0 spiro atoms. The number of ether oxygens (including phenoxy) is 1. The highest BCUT2D eigenvalue weighted by Gasteiger charge is 2.04. The Morgan fingerprint density at radius 2 is 1.95 bits per heavy atom. The maximum atomic E-state index is 6.14. The van der Waals surface area contributed by atoms with Crippen molar-refractivity contribution in [1.29, 1.82) is 0 Å². The van der Waals surface area contributed by atoms with Gasteiger partial charge in [-0.3, -0.25) is 0 Å². The molecule has 2 rings (SSSR count). The van der Waals surface area contributed by atoms with Gasteiger partial charge in [-0.2, -0.15) is 0 Å². The van der Waals surface area contributed by atoms with Crippen LogP contribution in [0.2, 0.25) is 10.0 Å². The normalized spacial score (nSPS) is 10.0. The van der Waals surface area contributed by atoms with E-state index in [-0.39, 0.29) is 6.61 Å². The molecule has 0 aliphatic carbocycles. The molecule has 0 heterocycles. The molecule has 0 radical (unpaired) electrons. The fourth-order valence-corrected chi connectivity index (χ4v) is 2.39. The fourth-order valence-electron chi connectivity index (χ4n) is 1.70. The van der Waals surface area contributed by atoms with Gasteiger partial charge in [-0.05, 0) is 51.8 Å². The van der Waals surface area contributed by atoms with Gasteiger partial charge in [0.05, 0.1) is 10.0 Å². The van der Waals surface area contributed by atoms with E-state index in [9.17, 15) is 0 Å². The van der Waals surface area contributed by atoms with Gasteiger partial charge in [0.1, 0.15) is 12.4 Å². The van der Waals surface area contributed by atoms with Crippen LogP contribution in [0.5, 0.6) is 5.75 Å². The van der Waals surface area contributed by atoms with Crippen LogP contribution >= 0.6 is 39.1 Å². The average molecular weight is 385 g/mol. The molecule has 2 nitrogen and oxygen atoms in total. The molecule has 108 valence electrons. The monoisotopic (exact) mass is 383 g/mol. The molecule has 1 N–H and O–H groups in total. The summed E-state index contributed by atoms with van der Waals surface area (Å²) in [5.74, 6) is 2.99. The second-order valence-electron chi connectivity index (χ2n) is 4.24. The van der Waals surface area contributed by atoms with Crippen molar-refractivity contribution >= 4 is 44.8 Å². The summed E-state index contributed by atoms with van der Waals surface area (Å²) in [6, 6.07) is 11.3. The van der Waals surface area contributed by atoms with Gasteiger partial charge in [0, 0.05) is 16.7 Å². The molecule has 2 aromatic carbocycles. The quantitative estimate of drug-likeness (QED) is 0.698.